The largest absolute Gasteiger partial charge is 0.339 e. The van der Waals surface area contributed by atoms with E-state index in [2.05, 4.69) is 20.4 Å². The fraction of sp³-hybridized carbons (Fsp3) is 0.0909. The molecule has 4 rings (SSSR count). The molecule has 0 aliphatic heterocycles. The lowest BCUT2D eigenvalue weighted by Crippen LogP contribution is -2.13. The lowest BCUT2D eigenvalue weighted by molar-refractivity contribution is -0.116. The second-order valence-corrected chi connectivity index (χ2v) is 7.33. The first-order valence-corrected chi connectivity index (χ1v) is 9.94. The van der Waals surface area contributed by atoms with Gasteiger partial charge in [0.25, 0.3) is 0 Å². The number of carbonyl (C=O) groups is 1. The molecule has 0 atom stereocenters. The SMILES string of the molecule is O=C(CCc1nc(-c2cccnc2)no1)Nc1ccccc1Sc1ccccc1. The van der Waals surface area contributed by atoms with Crippen LogP contribution < -0.4 is 5.32 Å². The molecule has 2 heterocycles. The molecule has 0 saturated carbocycles. The second kappa shape index (κ2) is 9.16. The molecule has 1 N–H and O–H groups in total. The van der Waals surface area contributed by atoms with Crippen LogP contribution in [0.4, 0.5) is 5.69 Å². The summed E-state index contributed by atoms with van der Waals surface area (Å²) in [6, 6.07) is 21.5. The van der Waals surface area contributed by atoms with Gasteiger partial charge >= 0.3 is 0 Å². The Labute approximate surface area is 172 Å². The van der Waals surface area contributed by atoms with Gasteiger partial charge in [0.2, 0.25) is 17.6 Å². The van der Waals surface area contributed by atoms with Crippen LogP contribution in [0.1, 0.15) is 12.3 Å². The first-order chi connectivity index (χ1) is 14.3. The molecule has 0 bridgehead atoms. The Hall–Kier alpha value is -3.45. The summed E-state index contributed by atoms with van der Waals surface area (Å²) < 4.78 is 5.25. The molecule has 1 amide bonds. The van der Waals surface area contributed by atoms with Crippen molar-refractivity contribution in [1.29, 1.82) is 0 Å². The van der Waals surface area contributed by atoms with Crippen molar-refractivity contribution in [2.45, 2.75) is 22.6 Å². The van der Waals surface area contributed by atoms with Crippen LogP contribution in [0.5, 0.6) is 0 Å². The van der Waals surface area contributed by atoms with Gasteiger partial charge in [0, 0.05) is 40.6 Å². The highest BCUT2D eigenvalue weighted by atomic mass is 32.2. The number of hydrogen-bond donors (Lipinski definition) is 1. The van der Waals surface area contributed by atoms with Gasteiger partial charge in [-0.05, 0) is 36.4 Å². The highest BCUT2D eigenvalue weighted by molar-refractivity contribution is 7.99. The minimum atomic E-state index is -0.104. The van der Waals surface area contributed by atoms with Gasteiger partial charge in [0.05, 0.1) is 5.69 Å². The molecule has 2 aromatic heterocycles. The maximum Gasteiger partial charge on any atom is 0.227 e. The average Bonchev–Trinajstić information content (AvgIpc) is 3.24. The number of aryl methyl sites for hydroxylation is 1. The third kappa shape index (κ3) is 5.08. The van der Waals surface area contributed by atoms with E-state index >= 15 is 0 Å². The van der Waals surface area contributed by atoms with Gasteiger partial charge < -0.3 is 9.84 Å². The number of carbonyl (C=O) groups excluding carboxylic acids is 1. The molecule has 0 radical (unpaired) electrons. The van der Waals surface area contributed by atoms with Gasteiger partial charge in [-0.1, -0.05) is 47.3 Å². The summed E-state index contributed by atoms with van der Waals surface area (Å²) >= 11 is 1.61. The summed E-state index contributed by atoms with van der Waals surface area (Å²) in [5.41, 5.74) is 1.56. The maximum absolute atomic E-state index is 12.4. The molecule has 4 aromatic rings. The number of anilines is 1. The zero-order chi connectivity index (χ0) is 19.9. The van der Waals surface area contributed by atoms with E-state index < -0.39 is 0 Å². The van der Waals surface area contributed by atoms with Crippen molar-refractivity contribution < 1.29 is 9.32 Å². The quantitative estimate of drug-likeness (QED) is 0.476. The van der Waals surface area contributed by atoms with E-state index in [1.807, 2.05) is 66.7 Å². The number of pyridine rings is 1. The molecular formula is C22H18N4O2S. The maximum atomic E-state index is 12.4. The van der Waals surface area contributed by atoms with E-state index in [1.165, 1.54) is 0 Å². The van der Waals surface area contributed by atoms with Gasteiger partial charge in [-0.15, -0.1) is 0 Å². The van der Waals surface area contributed by atoms with Crippen molar-refractivity contribution in [3.8, 4) is 11.4 Å². The van der Waals surface area contributed by atoms with Crippen molar-refractivity contribution in [3.05, 3.63) is 85.0 Å². The smallest absolute Gasteiger partial charge is 0.227 e. The van der Waals surface area contributed by atoms with Crippen molar-refractivity contribution in [1.82, 2.24) is 15.1 Å². The fourth-order valence-corrected chi connectivity index (χ4v) is 3.60. The molecular weight excluding hydrogens is 384 g/mol. The van der Waals surface area contributed by atoms with Crippen LogP contribution in [0.15, 0.2) is 93.4 Å². The van der Waals surface area contributed by atoms with E-state index in [9.17, 15) is 4.79 Å². The number of amides is 1. The lowest BCUT2D eigenvalue weighted by atomic mass is 10.2. The topological polar surface area (TPSA) is 80.9 Å². The average molecular weight is 402 g/mol. The third-order valence-corrected chi connectivity index (χ3v) is 5.17. The van der Waals surface area contributed by atoms with Crippen LogP contribution in [0.25, 0.3) is 11.4 Å². The Morgan fingerprint density at radius 2 is 1.83 bits per heavy atom. The third-order valence-electron chi connectivity index (χ3n) is 4.09. The first-order valence-electron chi connectivity index (χ1n) is 9.13. The van der Waals surface area contributed by atoms with Gasteiger partial charge in [0.1, 0.15) is 0 Å². The molecule has 7 heteroatoms. The van der Waals surface area contributed by atoms with Crippen LogP contribution in [0.3, 0.4) is 0 Å². The molecule has 0 aliphatic carbocycles. The van der Waals surface area contributed by atoms with Crippen LogP contribution in [-0.4, -0.2) is 21.0 Å². The van der Waals surface area contributed by atoms with E-state index in [-0.39, 0.29) is 12.3 Å². The zero-order valence-corrected chi connectivity index (χ0v) is 16.3. The Bertz CT molecular complexity index is 1080. The molecule has 0 spiro atoms. The summed E-state index contributed by atoms with van der Waals surface area (Å²) in [5, 5.41) is 6.93. The Morgan fingerprint density at radius 1 is 1.00 bits per heavy atom. The number of nitrogens with one attached hydrogen (secondary N) is 1. The Kier molecular flexibility index (Phi) is 5.97. The second-order valence-electron chi connectivity index (χ2n) is 6.21. The van der Waals surface area contributed by atoms with E-state index in [0.29, 0.717) is 18.1 Å². The van der Waals surface area contributed by atoms with Crippen molar-refractivity contribution in [2.75, 3.05) is 5.32 Å². The molecule has 6 nitrogen and oxygen atoms in total. The highest BCUT2D eigenvalue weighted by Gasteiger charge is 2.12. The molecule has 2 aromatic carbocycles. The number of aromatic nitrogens is 3. The van der Waals surface area contributed by atoms with E-state index in [4.69, 9.17) is 4.52 Å². The van der Waals surface area contributed by atoms with Gasteiger partial charge in [-0.3, -0.25) is 9.78 Å². The summed E-state index contributed by atoms with van der Waals surface area (Å²) in [6.07, 6.45) is 3.97. The van der Waals surface area contributed by atoms with Crippen LogP contribution >= 0.6 is 11.8 Å². The predicted molar refractivity (Wildman–Crippen MR) is 111 cm³/mol. The van der Waals surface area contributed by atoms with E-state index in [0.717, 1.165) is 21.0 Å². The zero-order valence-electron chi connectivity index (χ0n) is 15.5. The van der Waals surface area contributed by atoms with E-state index in [1.54, 1.807) is 24.2 Å². The lowest BCUT2D eigenvalue weighted by Gasteiger charge is -2.10. The molecule has 144 valence electrons. The van der Waals surface area contributed by atoms with Crippen LogP contribution in [-0.2, 0) is 11.2 Å². The number of para-hydroxylation sites is 1. The number of nitrogens with zero attached hydrogens (tertiary/aromatic N) is 3. The molecule has 29 heavy (non-hydrogen) atoms. The minimum absolute atomic E-state index is 0.104. The standard InChI is InChI=1S/C22H18N4O2S/c27-20(12-13-21-25-22(26-28-21)16-7-6-14-23-15-16)24-18-10-4-5-11-19(18)29-17-8-2-1-3-9-17/h1-11,14-15H,12-13H2,(H,24,27). The van der Waals surface area contributed by atoms with Gasteiger partial charge in [-0.2, -0.15) is 4.98 Å². The molecule has 0 unspecified atom stereocenters. The molecule has 0 fully saturated rings. The number of hydrogen-bond acceptors (Lipinski definition) is 6. The summed E-state index contributed by atoms with van der Waals surface area (Å²) in [5.74, 6) is 0.788. The fourth-order valence-electron chi connectivity index (χ4n) is 2.68. The van der Waals surface area contributed by atoms with Gasteiger partial charge in [-0.25, -0.2) is 0 Å². The number of rotatable bonds is 7. The minimum Gasteiger partial charge on any atom is -0.339 e. The summed E-state index contributed by atoms with van der Waals surface area (Å²) in [6.45, 7) is 0. The van der Waals surface area contributed by atoms with Crippen LogP contribution in [0, 0.1) is 0 Å². The first kappa shape index (κ1) is 18.9. The monoisotopic (exact) mass is 402 g/mol. The highest BCUT2D eigenvalue weighted by Crippen LogP contribution is 2.33. The Morgan fingerprint density at radius 3 is 2.66 bits per heavy atom. The molecule has 0 aliphatic rings. The van der Waals surface area contributed by atoms with Gasteiger partial charge in [0.15, 0.2) is 0 Å². The number of benzene rings is 2. The predicted octanol–water partition coefficient (Wildman–Crippen LogP) is 4.85. The summed E-state index contributed by atoms with van der Waals surface area (Å²) in [7, 11) is 0. The molecule has 0 saturated heterocycles. The summed E-state index contributed by atoms with van der Waals surface area (Å²) in [4.78, 5) is 22.9. The van der Waals surface area contributed by atoms with Crippen LogP contribution in [0.2, 0.25) is 0 Å². The normalized spacial score (nSPS) is 10.6. The van der Waals surface area contributed by atoms with Crippen molar-refractivity contribution in [2.24, 2.45) is 0 Å². The van der Waals surface area contributed by atoms with Crippen molar-refractivity contribution in [3.63, 3.8) is 0 Å². The Balaban J connectivity index is 1.36. The van der Waals surface area contributed by atoms with Crippen molar-refractivity contribution >= 4 is 23.4 Å².